The summed E-state index contributed by atoms with van der Waals surface area (Å²) in [7, 11) is 0. The van der Waals surface area contributed by atoms with Gasteiger partial charge >= 0.3 is 6.03 Å². The topological polar surface area (TPSA) is 70.7 Å². The first kappa shape index (κ1) is 17.7. The van der Waals surface area contributed by atoms with Crippen LogP contribution in [-0.4, -0.2) is 48.2 Å². The molecule has 25 heavy (non-hydrogen) atoms. The number of amides is 3. The highest BCUT2D eigenvalue weighted by molar-refractivity contribution is 5.80. The van der Waals surface area contributed by atoms with E-state index in [2.05, 4.69) is 10.6 Å². The van der Waals surface area contributed by atoms with Crippen LogP contribution in [0.5, 0.6) is 0 Å². The van der Waals surface area contributed by atoms with Crippen LogP contribution < -0.4 is 10.6 Å². The van der Waals surface area contributed by atoms with Crippen LogP contribution in [0.4, 0.5) is 4.79 Å². The highest BCUT2D eigenvalue weighted by atomic mass is 16.5. The maximum Gasteiger partial charge on any atom is 0.317 e. The Bertz CT molecular complexity index is 647. The Morgan fingerprint density at radius 1 is 1.28 bits per heavy atom. The molecule has 2 aliphatic heterocycles. The van der Waals surface area contributed by atoms with Crippen LogP contribution >= 0.6 is 0 Å². The molecule has 0 radical (unpaired) electrons. The van der Waals surface area contributed by atoms with E-state index in [0.717, 1.165) is 11.1 Å². The molecule has 6 heteroatoms. The van der Waals surface area contributed by atoms with Gasteiger partial charge in [-0.1, -0.05) is 24.3 Å². The summed E-state index contributed by atoms with van der Waals surface area (Å²) in [5.41, 5.74) is 2.27. The van der Waals surface area contributed by atoms with Crippen molar-refractivity contribution in [3.05, 3.63) is 35.4 Å². The Balaban J connectivity index is 1.56. The van der Waals surface area contributed by atoms with E-state index in [1.165, 1.54) is 0 Å². The first-order chi connectivity index (χ1) is 11.9. The number of ether oxygens (including phenoxy) is 1. The lowest BCUT2D eigenvalue weighted by Gasteiger charge is -2.33. The van der Waals surface area contributed by atoms with Crippen LogP contribution in [0.3, 0.4) is 0 Å². The molecule has 3 atom stereocenters. The van der Waals surface area contributed by atoms with Gasteiger partial charge in [-0.3, -0.25) is 4.79 Å². The van der Waals surface area contributed by atoms with Crippen molar-refractivity contribution in [1.29, 1.82) is 0 Å². The number of urea groups is 1. The standard InChI is InChI=1S/C19H27N3O3/c1-12(2)21-18(23)16-8-15-10-22(11-17(16)25-15)19(24)20-9-14-7-5-4-6-13(14)3/h4-7,12,15-17H,8-11H2,1-3H3,(H,20,24)(H,21,23)/t15-,16-,17-/m1/s1. The molecule has 3 rings (SSSR count). The first-order valence-electron chi connectivity index (χ1n) is 8.97. The van der Waals surface area contributed by atoms with E-state index in [-0.39, 0.29) is 36.1 Å². The largest absolute Gasteiger partial charge is 0.370 e. The van der Waals surface area contributed by atoms with Gasteiger partial charge in [-0.2, -0.15) is 0 Å². The fourth-order valence-electron chi connectivity index (χ4n) is 3.58. The number of nitrogens with one attached hydrogen (secondary N) is 2. The average molecular weight is 345 g/mol. The molecule has 2 N–H and O–H groups in total. The number of hydrogen-bond acceptors (Lipinski definition) is 3. The predicted octanol–water partition coefficient (Wildman–Crippen LogP) is 1.82. The third-order valence-electron chi connectivity index (χ3n) is 4.90. The molecule has 3 amide bonds. The van der Waals surface area contributed by atoms with E-state index in [9.17, 15) is 9.59 Å². The molecule has 1 aromatic carbocycles. The zero-order valence-electron chi connectivity index (χ0n) is 15.1. The zero-order chi connectivity index (χ0) is 18.0. The fraction of sp³-hybridized carbons (Fsp3) is 0.579. The number of carbonyl (C=O) groups excluding carboxylic acids is 2. The maximum absolute atomic E-state index is 12.5. The minimum atomic E-state index is -0.207. The highest BCUT2D eigenvalue weighted by Crippen LogP contribution is 2.32. The molecule has 2 aliphatic rings. The molecule has 1 aromatic rings. The lowest BCUT2D eigenvalue weighted by Crippen LogP contribution is -2.51. The van der Waals surface area contributed by atoms with Gasteiger partial charge in [0.1, 0.15) is 0 Å². The second kappa shape index (κ2) is 7.44. The minimum Gasteiger partial charge on any atom is -0.370 e. The third kappa shape index (κ3) is 4.12. The SMILES string of the molecule is Cc1ccccc1CNC(=O)N1C[C@H]2C[C@@H](C(=O)NC(C)C)[C@@H](C1)O2. The molecule has 2 heterocycles. The monoisotopic (exact) mass is 345 g/mol. The van der Waals surface area contributed by atoms with Crippen molar-refractivity contribution in [2.45, 2.75) is 52.0 Å². The van der Waals surface area contributed by atoms with Gasteiger partial charge in [-0.25, -0.2) is 4.79 Å². The Labute approximate surface area is 148 Å². The third-order valence-corrected chi connectivity index (χ3v) is 4.90. The molecule has 0 unspecified atom stereocenters. The Morgan fingerprint density at radius 3 is 2.76 bits per heavy atom. The van der Waals surface area contributed by atoms with Crippen LogP contribution in [0.1, 0.15) is 31.4 Å². The van der Waals surface area contributed by atoms with Gasteiger partial charge in [0.05, 0.1) is 18.1 Å². The molecule has 6 nitrogen and oxygen atoms in total. The molecule has 0 aromatic heterocycles. The number of carbonyl (C=O) groups is 2. The number of nitrogens with zero attached hydrogens (tertiary/aromatic N) is 1. The van der Waals surface area contributed by atoms with Gasteiger partial charge in [0.2, 0.25) is 5.91 Å². The number of aryl methyl sites for hydroxylation is 1. The van der Waals surface area contributed by atoms with Crippen molar-refractivity contribution in [3.8, 4) is 0 Å². The van der Waals surface area contributed by atoms with Gasteiger partial charge in [0.15, 0.2) is 0 Å². The van der Waals surface area contributed by atoms with Crippen molar-refractivity contribution in [3.63, 3.8) is 0 Å². The van der Waals surface area contributed by atoms with Crippen molar-refractivity contribution in [2.75, 3.05) is 13.1 Å². The van der Waals surface area contributed by atoms with Crippen LogP contribution in [0.25, 0.3) is 0 Å². The van der Waals surface area contributed by atoms with E-state index >= 15 is 0 Å². The first-order valence-corrected chi connectivity index (χ1v) is 8.97. The molecule has 0 saturated carbocycles. The molecule has 136 valence electrons. The minimum absolute atomic E-state index is 0.0321. The van der Waals surface area contributed by atoms with Crippen LogP contribution in [0, 0.1) is 12.8 Å². The summed E-state index contributed by atoms with van der Waals surface area (Å²) in [5, 5.41) is 5.94. The number of likely N-dealkylation sites (tertiary alicyclic amines) is 1. The van der Waals surface area contributed by atoms with Gasteiger partial charge in [0.25, 0.3) is 0 Å². The van der Waals surface area contributed by atoms with Gasteiger partial charge in [-0.05, 0) is 38.3 Å². The number of rotatable bonds is 4. The number of morpholine rings is 1. The van der Waals surface area contributed by atoms with Gasteiger partial charge in [-0.15, -0.1) is 0 Å². The second-order valence-electron chi connectivity index (χ2n) is 7.29. The summed E-state index contributed by atoms with van der Waals surface area (Å²) in [4.78, 5) is 26.6. The summed E-state index contributed by atoms with van der Waals surface area (Å²) in [5.74, 6) is -0.133. The number of fused-ring (bicyclic) bond motifs is 2. The van der Waals surface area contributed by atoms with Crippen LogP contribution in [0.15, 0.2) is 24.3 Å². The molecule has 2 fully saturated rings. The Morgan fingerprint density at radius 2 is 2.04 bits per heavy atom. The molecule has 0 spiro atoms. The smallest absolute Gasteiger partial charge is 0.317 e. The summed E-state index contributed by atoms with van der Waals surface area (Å²) in [6.07, 6.45) is 0.428. The van der Waals surface area contributed by atoms with Crippen molar-refractivity contribution in [2.24, 2.45) is 5.92 Å². The highest BCUT2D eigenvalue weighted by Gasteiger charge is 2.45. The molecular weight excluding hydrogens is 318 g/mol. The van der Waals surface area contributed by atoms with E-state index in [0.29, 0.717) is 26.1 Å². The summed E-state index contributed by atoms with van der Waals surface area (Å²) in [6.45, 7) is 7.45. The number of benzene rings is 1. The van der Waals surface area contributed by atoms with Crippen molar-refractivity contribution >= 4 is 11.9 Å². The molecule has 2 saturated heterocycles. The zero-order valence-corrected chi connectivity index (χ0v) is 15.1. The van der Waals surface area contributed by atoms with Gasteiger partial charge < -0.3 is 20.3 Å². The summed E-state index contributed by atoms with van der Waals surface area (Å²) >= 11 is 0. The predicted molar refractivity (Wildman–Crippen MR) is 95.0 cm³/mol. The normalized spacial score (nSPS) is 25.1. The Hall–Kier alpha value is -2.08. The van der Waals surface area contributed by atoms with E-state index < -0.39 is 0 Å². The lowest BCUT2D eigenvalue weighted by molar-refractivity contribution is -0.128. The quantitative estimate of drug-likeness (QED) is 0.874. The van der Waals surface area contributed by atoms with Crippen LogP contribution in [-0.2, 0) is 16.1 Å². The number of hydrogen-bond donors (Lipinski definition) is 2. The van der Waals surface area contributed by atoms with Crippen molar-refractivity contribution < 1.29 is 14.3 Å². The fourth-order valence-corrected chi connectivity index (χ4v) is 3.58. The second-order valence-corrected chi connectivity index (χ2v) is 7.29. The van der Waals surface area contributed by atoms with E-state index in [1.807, 2.05) is 45.0 Å². The Kier molecular flexibility index (Phi) is 5.27. The van der Waals surface area contributed by atoms with Gasteiger partial charge in [0, 0.05) is 25.7 Å². The molecule has 0 aliphatic carbocycles. The van der Waals surface area contributed by atoms with E-state index in [1.54, 1.807) is 4.90 Å². The molecule has 2 bridgehead atoms. The summed E-state index contributed by atoms with van der Waals surface area (Å²) in [6, 6.07) is 8.04. The maximum atomic E-state index is 12.5. The van der Waals surface area contributed by atoms with E-state index in [4.69, 9.17) is 4.74 Å². The van der Waals surface area contributed by atoms with Crippen molar-refractivity contribution in [1.82, 2.24) is 15.5 Å². The van der Waals surface area contributed by atoms with Crippen LogP contribution in [0.2, 0.25) is 0 Å². The average Bonchev–Trinajstić information content (AvgIpc) is 2.87. The summed E-state index contributed by atoms with van der Waals surface area (Å²) < 4.78 is 5.89. The molecular formula is C19H27N3O3. The lowest BCUT2D eigenvalue weighted by atomic mass is 9.99.